The molecule has 1 N–H and O–H groups in total. The Balaban J connectivity index is 1.28. The summed E-state index contributed by atoms with van der Waals surface area (Å²) in [6.07, 6.45) is 2.15. The van der Waals surface area contributed by atoms with Gasteiger partial charge >= 0.3 is 18.0 Å². The zero-order valence-corrected chi connectivity index (χ0v) is 28.6. The number of amides is 2. The van der Waals surface area contributed by atoms with E-state index in [-0.39, 0.29) is 38.4 Å². The molecular weight excluding hydrogens is 622 g/mol. The van der Waals surface area contributed by atoms with E-state index >= 15 is 0 Å². The number of para-hydroxylation sites is 1. The molecule has 11 nitrogen and oxygen atoms in total. The van der Waals surface area contributed by atoms with Gasteiger partial charge in [0.05, 0.1) is 24.9 Å². The molecule has 0 unspecified atom stereocenters. The van der Waals surface area contributed by atoms with E-state index in [4.69, 9.17) is 18.9 Å². The number of hydrogen-bond donors (Lipinski definition) is 1. The maximum atomic E-state index is 13.9. The first-order chi connectivity index (χ1) is 22.5. The van der Waals surface area contributed by atoms with Crippen LogP contribution in [0.3, 0.4) is 0 Å². The predicted octanol–water partition coefficient (Wildman–Crippen LogP) is 4.81. The van der Waals surface area contributed by atoms with Crippen LogP contribution in [0.25, 0.3) is 0 Å². The smallest absolute Gasteiger partial charge is 0.410 e. The molecule has 0 aromatic heterocycles. The van der Waals surface area contributed by atoms with E-state index in [1.54, 1.807) is 38.7 Å². The fourth-order valence-corrected chi connectivity index (χ4v) is 6.56. The number of nitrogens with zero attached hydrogens (tertiary/aromatic N) is 2. The van der Waals surface area contributed by atoms with Crippen molar-refractivity contribution in [1.29, 1.82) is 0 Å². The monoisotopic (exact) mass is 669 g/mol. The van der Waals surface area contributed by atoms with Crippen molar-refractivity contribution in [3.05, 3.63) is 60.2 Å². The maximum absolute atomic E-state index is 13.9. The van der Waals surface area contributed by atoms with Gasteiger partial charge in [-0.3, -0.25) is 24.6 Å². The number of nitrogens with one attached hydrogen (secondary N) is 1. The Bertz CT molecular complexity index is 1340. The van der Waals surface area contributed by atoms with Crippen molar-refractivity contribution < 1.29 is 38.1 Å². The Morgan fingerprint density at radius 1 is 1.00 bits per heavy atom. The average Bonchev–Trinajstić information content (AvgIpc) is 3.17. The van der Waals surface area contributed by atoms with Gasteiger partial charge in [-0.05, 0) is 70.6 Å². The predicted molar refractivity (Wildman–Crippen MR) is 179 cm³/mol. The molecule has 2 aliphatic rings. The molecular formula is C35H47N3O8S. The summed E-state index contributed by atoms with van der Waals surface area (Å²) in [4.78, 5) is 56.1. The molecule has 1 fully saturated rings. The summed E-state index contributed by atoms with van der Waals surface area (Å²) in [6.45, 7) is 8.93. The highest BCUT2D eigenvalue weighted by molar-refractivity contribution is 7.99. The molecule has 0 spiro atoms. The number of anilines is 1. The van der Waals surface area contributed by atoms with Crippen LogP contribution in [0.15, 0.2) is 59.5 Å². The van der Waals surface area contributed by atoms with Crippen LogP contribution < -0.4 is 10.2 Å². The van der Waals surface area contributed by atoms with Crippen LogP contribution in [0.5, 0.6) is 0 Å². The van der Waals surface area contributed by atoms with Gasteiger partial charge in [-0.2, -0.15) is 0 Å². The molecule has 0 saturated carbocycles. The Kier molecular flexibility index (Phi) is 13.5. The third-order valence-electron chi connectivity index (χ3n) is 7.84. The van der Waals surface area contributed by atoms with Gasteiger partial charge in [0.2, 0.25) is 5.91 Å². The lowest BCUT2D eigenvalue weighted by Crippen LogP contribution is -2.55. The molecule has 256 valence electrons. The van der Waals surface area contributed by atoms with Crippen molar-refractivity contribution in [3.63, 3.8) is 0 Å². The minimum Gasteiger partial charge on any atom is -0.465 e. The topological polar surface area (TPSA) is 124 Å². The van der Waals surface area contributed by atoms with Gasteiger partial charge in [0.25, 0.3) is 0 Å². The Labute approximate surface area is 281 Å². The zero-order valence-electron chi connectivity index (χ0n) is 27.8. The summed E-state index contributed by atoms with van der Waals surface area (Å²) in [5.74, 6) is -0.638. The molecule has 4 rings (SSSR count). The quantitative estimate of drug-likeness (QED) is 0.181. The lowest BCUT2D eigenvalue weighted by atomic mass is 9.94. The van der Waals surface area contributed by atoms with E-state index in [9.17, 15) is 19.2 Å². The van der Waals surface area contributed by atoms with Gasteiger partial charge in [-0.25, -0.2) is 4.79 Å². The third kappa shape index (κ3) is 11.3. The highest BCUT2D eigenvalue weighted by Gasteiger charge is 2.36. The lowest BCUT2D eigenvalue weighted by Gasteiger charge is -2.31. The molecule has 47 heavy (non-hydrogen) atoms. The van der Waals surface area contributed by atoms with Gasteiger partial charge in [-0.15, -0.1) is 11.8 Å². The van der Waals surface area contributed by atoms with Crippen molar-refractivity contribution in [2.24, 2.45) is 5.92 Å². The summed E-state index contributed by atoms with van der Waals surface area (Å²) < 4.78 is 22.3. The van der Waals surface area contributed by atoms with Crippen LogP contribution in [0.1, 0.15) is 52.5 Å². The van der Waals surface area contributed by atoms with Crippen molar-refractivity contribution in [3.8, 4) is 0 Å². The largest absolute Gasteiger partial charge is 0.465 e. The first kappa shape index (κ1) is 36.2. The van der Waals surface area contributed by atoms with Crippen molar-refractivity contribution in [2.75, 3.05) is 50.1 Å². The molecule has 2 heterocycles. The van der Waals surface area contributed by atoms with E-state index in [1.807, 2.05) is 48.5 Å². The number of likely N-dealkylation sites (tertiary alicyclic amines) is 1. The number of benzene rings is 2. The summed E-state index contributed by atoms with van der Waals surface area (Å²) >= 11 is 1.48. The minimum atomic E-state index is -0.879. The zero-order chi connectivity index (χ0) is 33.8. The number of rotatable bonds is 13. The van der Waals surface area contributed by atoms with E-state index in [1.165, 1.54) is 16.7 Å². The summed E-state index contributed by atoms with van der Waals surface area (Å²) in [6, 6.07) is 15.4. The van der Waals surface area contributed by atoms with E-state index in [2.05, 4.69) is 5.32 Å². The highest BCUT2D eigenvalue weighted by atomic mass is 32.2. The number of hydrogen-bond acceptors (Lipinski definition) is 10. The molecule has 2 amide bonds. The average molecular weight is 670 g/mol. The fraction of sp³-hybridized carbons (Fsp3) is 0.543. The summed E-state index contributed by atoms with van der Waals surface area (Å²) in [5.41, 5.74) is 0.876. The van der Waals surface area contributed by atoms with Crippen molar-refractivity contribution >= 4 is 41.4 Å². The van der Waals surface area contributed by atoms with Crippen LogP contribution in [0.4, 0.5) is 10.5 Å². The second-order valence-corrected chi connectivity index (χ2v) is 13.7. The molecule has 0 aliphatic carbocycles. The summed E-state index contributed by atoms with van der Waals surface area (Å²) in [5, 5.41) is 3.18. The van der Waals surface area contributed by atoms with E-state index in [0.717, 1.165) is 29.7 Å². The molecule has 0 bridgehead atoms. The SMILES string of the molecule is CCOC(=O)[C@H](COCCC1CCN(C(=O)OCc2ccccc2)CC1)N[C@H]1CSc2ccccc2N(CC(=O)OC(C)(C)C)C1=O. The number of ether oxygens (including phenoxy) is 4. The van der Waals surface area contributed by atoms with Crippen LogP contribution in [0, 0.1) is 5.92 Å². The fourth-order valence-electron chi connectivity index (χ4n) is 5.47. The van der Waals surface area contributed by atoms with Gasteiger partial charge in [0.1, 0.15) is 24.8 Å². The molecule has 12 heteroatoms. The molecule has 0 radical (unpaired) electrons. The first-order valence-electron chi connectivity index (χ1n) is 16.2. The minimum absolute atomic E-state index is 0.0248. The van der Waals surface area contributed by atoms with Crippen LogP contribution in [0.2, 0.25) is 0 Å². The normalized spacial score (nSPS) is 17.8. The number of carbonyl (C=O) groups is 4. The highest BCUT2D eigenvalue weighted by Crippen LogP contribution is 2.34. The van der Waals surface area contributed by atoms with E-state index in [0.29, 0.717) is 37.1 Å². The first-order valence-corrected chi connectivity index (χ1v) is 17.2. The van der Waals surface area contributed by atoms with Crippen molar-refractivity contribution in [2.45, 2.75) is 76.1 Å². The molecule has 1 saturated heterocycles. The van der Waals surface area contributed by atoms with Gasteiger partial charge in [0, 0.05) is 30.3 Å². The Morgan fingerprint density at radius 2 is 1.70 bits per heavy atom. The number of carbonyl (C=O) groups excluding carboxylic acids is 4. The number of thioether (sulfide) groups is 1. The standard InChI is InChI=1S/C35H47N3O8S/c1-5-44-33(41)27(23-43-20-17-25-15-18-37(19-16-25)34(42)45-22-26-11-7-6-8-12-26)36-28-24-47-30-14-10-9-13-29(30)38(32(28)40)21-31(39)46-35(2,3)4/h6-14,25,27-28,36H,5,15-24H2,1-4H3/t27-,28-/m0/s1. The van der Waals surface area contributed by atoms with E-state index < -0.39 is 29.6 Å². The maximum Gasteiger partial charge on any atom is 0.410 e. The van der Waals surface area contributed by atoms with Crippen molar-refractivity contribution in [1.82, 2.24) is 10.2 Å². The Hall–Kier alpha value is -3.61. The van der Waals surface area contributed by atoms with Gasteiger partial charge < -0.3 is 23.8 Å². The number of piperidine rings is 1. The van der Waals surface area contributed by atoms with Gasteiger partial charge in [-0.1, -0.05) is 42.5 Å². The number of esters is 2. The van der Waals surface area contributed by atoms with Crippen LogP contribution in [-0.4, -0.2) is 91.7 Å². The molecule has 2 aliphatic heterocycles. The van der Waals surface area contributed by atoms with Gasteiger partial charge in [0.15, 0.2) is 0 Å². The van der Waals surface area contributed by atoms with Crippen LogP contribution in [-0.2, 0) is 39.9 Å². The summed E-state index contributed by atoms with van der Waals surface area (Å²) in [7, 11) is 0. The molecule has 2 aromatic rings. The molecule has 2 aromatic carbocycles. The number of fused-ring (bicyclic) bond motifs is 1. The second kappa shape index (κ2) is 17.5. The third-order valence-corrected chi connectivity index (χ3v) is 9.00. The molecule has 2 atom stereocenters. The lowest BCUT2D eigenvalue weighted by molar-refractivity contribution is -0.154. The van der Waals surface area contributed by atoms with Crippen LogP contribution >= 0.6 is 11.8 Å². The Morgan fingerprint density at radius 3 is 2.40 bits per heavy atom. The second-order valence-electron chi connectivity index (χ2n) is 12.6.